The maximum atomic E-state index is 12.0. The van der Waals surface area contributed by atoms with Crippen LogP contribution in [0.4, 0.5) is 5.69 Å². The van der Waals surface area contributed by atoms with Gasteiger partial charge in [-0.15, -0.1) is 0 Å². The van der Waals surface area contributed by atoms with E-state index in [4.69, 9.17) is 23.2 Å². The van der Waals surface area contributed by atoms with Gasteiger partial charge in [-0.3, -0.25) is 9.59 Å². The van der Waals surface area contributed by atoms with Gasteiger partial charge >= 0.3 is 0 Å². The molecule has 1 N–H and O–H groups in total. The number of benzene rings is 1. The highest BCUT2D eigenvalue weighted by Crippen LogP contribution is 2.25. The number of likely N-dealkylation sites (N-methyl/N-ethyl adjacent to an activating group) is 1. The first-order chi connectivity index (χ1) is 9.58. The molecule has 0 aromatic heterocycles. The Balaban J connectivity index is 2.57. The minimum atomic E-state index is -0.279. The highest BCUT2D eigenvalue weighted by molar-refractivity contribution is 6.42. The van der Waals surface area contributed by atoms with Gasteiger partial charge in [-0.1, -0.05) is 44.0 Å². The van der Waals surface area contributed by atoms with Gasteiger partial charge < -0.3 is 10.2 Å². The van der Waals surface area contributed by atoms with Gasteiger partial charge in [0.1, 0.15) is 0 Å². The molecule has 0 atom stereocenters. The summed E-state index contributed by atoms with van der Waals surface area (Å²) in [5.74, 6) is -0.343. The third-order valence-corrected chi connectivity index (χ3v) is 3.43. The predicted octanol–water partition coefficient (Wildman–Crippen LogP) is 3.83. The van der Waals surface area contributed by atoms with Gasteiger partial charge in [0, 0.05) is 19.2 Å². The number of carbonyl (C=O) groups excluding carboxylic acids is 2. The lowest BCUT2D eigenvalue weighted by atomic mass is 9.92. The Morgan fingerprint density at radius 2 is 1.81 bits per heavy atom. The molecule has 0 radical (unpaired) electrons. The number of rotatable bonds is 4. The average Bonchev–Trinajstić information content (AvgIpc) is 2.31. The number of hydrogen-bond donors (Lipinski definition) is 1. The third kappa shape index (κ3) is 6.36. The quantitative estimate of drug-likeness (QED) is 0.912. The average molecular weight is 331 g/mol. The molecule has 116 valence electrons. The number of hydrogen-bond acceptors (Lipinski definition) is 2. The molecule has 21 heavy (non-hydrogen) atoms. The van der Waals surface area contributed by atoms with E-state index in [0.29, 0.717) is 22.2 Å². The zero-order valence-corrected chi connectivity index (χ0v) is 14.2. The summed E-state index contributed by atoms with van der Waals surface area (Å²) in [6.07, 6.45) is 0.392. The van der Waals surface area contributed by atoms with Gasteiger partial charge in [0.15, 0.2) is 0 Å². The first-order valence-corrected chi connectivity index (χ1v) is 7.33. The van der Waals surface area contributed by atoms with E-state index in [-0.39, 0.29) is 23.8 Å². The second kappa shape index (κ2) is 7.14. The molecule has 6 heteroatoms. The van der Waals surface area contributed by atoms with E-state index in [2.05, 4.69) is 5.32 Å². The van der Waals surface area contributed by atoms with Crippen LogP contribution in [0.5, 0.6) is 0 Å². The standard InChI is InChI=1S/C15H20Cl2N2O2/c1-15(2,3)8-14(21)19(4)9-13(20)18-10-5-6-11(16)12(17)7-10/h5-7H,8-9H2,1-4H3,(H,18,20). The maximum Gasteiger partial charge on any atom is 0.243 e. The zero-order chi connectivity index (χ0) is 16.2. The molecule has 0 heterocycles. The van der Waals surface area contributed by atoms with Crippen LogP contribution >= 0.6 is 23.2 Å². The van der Waals surface area contributed by atoms with Crippen LogP contribution in [0.25, 0.3) is 0 Å². The minimum absolute atomic E-state index is 0.00480. The molecule has 1 aromatic rings. The Kier molecular flexibility index (Phi) is 6.05. The second-order valence-electron chi connectivity index (χ2n) is 6.16. The van der Waals surface area contributed by atoms with Crippen molar-refractivity contribution >= 4 is 40.7 Å². The van der Waals surface area contributed by atoms with Crippen LogP contribution in [-0.4, -0.2) is 30.3 Å². The maximum absolute atomic E-state index is 12.0. The van der Waals surface area contributed by atoms with E-state index in [0.717, 1.165) is 0 Å². The van der Waals surface area contributed by atoms with E-state index < -0.39 is 0 Å². The smallest absolute Gasteiger partial charge is 0.243 e. The zero-order valence-electron chi connectivity index (χ0n) is 12.7. The van der Waals surface area contributed by atoms with Crippen LogP contribution in [0.2, 0.25) is 10.0 Å². The molecule has 0 saturated carbocycles. The molecule has 0 aliphatic rings. The summed E-state index contributed by atoms with van der Waals surface area (Å²) >= 11 is 11.7. The molecule has 1 aromatic carbocycles. The summed E-state index contributed by atoms with van der Waals surface area (Å²) in [7, 11) is 1.61. The fraction of sp³-hybridized carbons (Fsp3) is 0.467. The fourth-order valence-electron chi connectivity index (χ4n) is 1.67. The highest BCUT2D eigenvalue weighted by atomic mass is 35.5. The molecule has 0 spiro atoms. The summed E-state index contributed by atoms with van der Waals surface area (Å²) in [5.41, 5.74) is 0.442. The molecule has 0 bridgehead atoms. The van der Waals surface area contributed by atoms with Crippen molar-refractivity contribution in [3.63, 3.8) is 0 Å². The Morgan fingerprint density at radius 1 is 1.19 bits per heavy atom. The molecule has 1 rings (SSSR count). The van der Waals surface area contributed by atoms with E-state index in [9.17, 15) is 9.59 Å². The van der Waals surface area contributed by atoms with Gasteiger partial charge in [0.05, 0.1) is 16.6 Å². The van der Waals surface area contributed by atoms with Crippen LogP contribution in [0.15, 0.2) is 18.2 Å². The lowest BCUT2D eigenvalue weighted by Crippen LogP contribution is -2.36. The Morgan fingerprint density at radius 3 is 2.33 bits per heavy atom. The topological polar surface area (TPSA) is 49.4 Å². The monoisotopic (exact) mass is 330 g/mol. The summed E-state index contributed by atoms with van der Waals surface area (Å²) in [5, 5.41) is 3.47. The van der Waals surface area contributed by atoms with Crippen molar-refractivity contribution in [2.75, 3.05) is 18.9 Å². The number of anilines is 1. The number of carbonyl (C=O) groups is 2. The molecule has 0 saturated heterocycles. The van der Waals surface area contributed by atoms with Crippen molar-refractivity contribution in [3.05, 3.63) is 28.2 Å². The second-order valence-corrected chi connectivity index (χ2v) is 6.98. The molecule has 0 fully saturated rings. The van der Waals surface area contributed by atoms with Crippen molar-refractivity contribution in [2.45, 2.75) is 27.2 Å². The molecule has 2 amide bonds. The lowest BCUT2D eigenvalue weighted by molar-refractivity contribution is -0.134. The van der Waals surface area contributed by atoms with Gasteiger partial charge in [-0.05, 0) is 23.6 Å². The summed E-state index contributed by atoms with van der Waals surface area (Å²) in [6, 6.07) is 4.83. The van der Waals surface area contributed by atoms with Crippen LogP contribution in [0.1, 0.15) is 27.2 Å². The number of amides is 2. The Hall–Kier alpha value is -1.26. The molecular weight excluding hydrogens is 311 g/mol. The fourth-order valence-corrected chi connectivity index (χ4v) is 1.96. The predicted molar refractivity (Wildman–Crippen MR) is 86.8 cm³/mol. The van der Waals surface area contributed by atoms with Gasteiger partial charge in [-0.2, -0.15) is 0 Å². The summed E-state index contributed by atoms with van der Waals surface area (Å²) in [6.45, 7) is 5.94. The summed E-state index contributed by atoms with van der Waals surface area (Å²) < 4.78 is 0. The van der Waals surface area contributed by atoms with Crippen LogP contribution in [-0.2, 0) is 9.59 Å². The Labute approximate surface area is 135 Å². The minimum Gasteiger partial charge on any atom is -0.336 e. The van der Waals surface area contributed by atoms with Crippen LogP contribution < -0.4 is 5.32 Å². The Bertz CT molecular complexity index is 539. The highest BCUT2D eigenvalue weighted by Gasteiger charge is 2.20. The summed E-state index contributed by atoms with van der Waals surface area (Å²) in [4.78, 5) is 25.3. The SMILES string of the molecule is CN(CC(=O)Nc1ccc(Cl)c(Cl)c1)C(=O)CC(C)(C)C. The molecular formula is C15H20Cl2N2O2. The lowest BCUT2D eigenvalue weighted by Gasteiger charge is -2.22. The molecule has 0 aliphatic carbocycles. The van der Waals surface area contributed by atoms with Gasteiger partial charge in [-0.25, -0.2) is 0 Å². The van der Waals surface area contributed by atoms with E-state index in [1.165, 1.54) is 4.90 Å². The van der Waals surface area contributed by atoms with Gasteiger partial charge in [0.2, 0.25) is 11.8 Å². The molecule has 4 nitrogen and oxygen atoms in total. The van der Waals surface area contributed by atoms with Crippen molar-refractivity contribution < 1.29 is 9.59 Å². The van der Waals surface area contributed by atoms with Crippen molar-refractivity contribution in [2.24, 2.45) is 5.41 Å². The number of nitrogens with zero attached hydrogens (tertiary/aromatic N) is 1. The van der Waals surface area contributed by atoms with E-state index in [1.807, 2.05) is 20.8 Å². The number of halogens is 2. The largest absolute Gasteiger partial charge is 0.336 e. The van der Waals surface area contributed by atoms with Crippen LogP contribution in [0, 0.1) is 5.41 Å². The van der Waals surface area contributed by atoms with E-state index >= 15 is 0 Å². The molecule has 0 unspecified atom stereocenters. The first-order valence-electron chi connectivity index (χ1n) is 6.57. The third-order valence-electron chi connectivity index (χ3n) is 2.69. The van der Waals surface area contributed by atoms with Crippen molar-refractivity contribution in [1.82, 2.24) is 4.90 Å². The normalized spacial score (nSPS) is 11.1. The van der Waals surface area contributed by atoms with Crippen LogP contribution in [0.3, 0.4) is 0 Å². The van der Waals surface area contributed by atoms with E-state index in [1.54, 1.807) is 25.2 Å². The molecule has 0 aliphatic heterocycles. The van der Waals surface area contributed by atoms with Crippen molar-refractivity contribution in [3.8, 4) is 0 Å². The first kappa shape index (κ1) is 17.8. The van der Waals surface area contributed by atoms with Gasteiger partial charge in [0.25, 0.3) is 0 Å². The number of nitrogens with one attached hydrogen (secondary N) is 1. The van der Waals surface area contributed by atoms with Crippen molar-refractivity contribution in [1.29, 1.82) is 0 Å².